The van der Waals surface area contributed by atoms with E-state index in [1.165, 1.54) is 0 Å². The van der Waals surface area contributed by atoms with Gasteiger partial charge in [0.15, 0.2) is 5.82 Å². The molecular weight excluding hydrogens is 340 g/mol. The minimum Gasteiger partial charge on any atom is -0.361 e. The third-order valence-corrected chi connectivity index (χ3v) is 5.07. The van der Waals surface area contributed by atoms with Gasteiger partial charge in [-0.3, -0.25) is 4.79 Å². The minimum absolute atomic E-state index is 0.0330. The molecule has 1 N–H and O–H groups in total. The molecule has 0 saturated heterocycles. The second-order valence-corrected chi connectivity index (χ2v) is 6.95. The zero-order chi connectivity index (χ0) is 18.8. The van der Waals surface area contributed by atoms with Crippen molar-refractivity contribution in [2.24, 2.45) is 0 Å². The van der Waals surface area contributed by atoms with Crippen molar-refractivity contribution in [2.75, 3.05) is 0 Å². The number of carbonyl (C=O) groups excluding carboxylic acids is 1. The van der Waals surface area contributed by atoms with Gasteiger partial charge in [0.25, 0.3) is 0 Å². The van der Waals surface area contributed by atoms with Gasteiger partial charge < -0.3 is 9.84 Å². The Hall–Kier alpha value is -3.02. The summed E-state index contributed by atoms with van der Waals surface area (Å²) < 4.78 is 5.15. The lowest BCUT2D eigenvalue weighted by molar-refractivity contribution is -0.121. The van der Waals surface area contributed by atoms with Crippen LogP contribution in [-0.2, 0) is 17.6 Å². The first kappa shape index (κ1) is 17.4. The standard InChI is InChI=1S/C21H22N4O2/c1-13-16(14(2)27-25-13)11-20(26)23-18-9-6-10-19-17(18)12-22-21(24-19)15-7-4-3-5-8-15/h3-5,7-8,12,18H,6,9-11H2,1-2H3,(H,23,26). The van der Waals surface area contributed by atoms with Gasteiger partial charge >= 0.3 is 0 Å². The molecule has 27 heavy (non-hydrogen) atoms. The molecule has 6 nitrogen and oxygen atoms in total. The SMILES string of the molecule is Cc1noc(C)c1CC(=O)NC1CCCc2nc(-c3ccccc3)ncc21. The van der Waals surface area contributed by atoms with E-state index in [4.69, 9.17) is 9.51 Å². The van der Waals surface area contributed by atoms with Crippen LogP contribution in [0.3, 0.4) is 0 Å². The van der Waals surface area contributed by atoms with Gasteiger partial charge in [-0.2, -0.15) is 0 Å². The van der Waals surface area contributed by atoms with E-state index in [0.29, 0.717) is 5.76 Å². The lowest BCUT2D eigenvalue weighted by Gasteiger charge is -2.25. The molecule has 1 aliphatic rings. The predicted molar refractivity (Wildman–Crippen MR) is 101 cm³/mol. The molecule has 3 aromatic rings. The summed E-state index contributed by atoms with van der Waals surface area (Å²) in [5.41, 5.74) is 4.68. The molecule has 0 saturated carbocycles. The number of aromatic nitrogens is 3. The van der Waals surface area contributed by atoms with Crippen LogP contribution in [0.25, 0.3) is 11.4 Å². The van der Waals surface area contributed by atoms with Gasteiger partial charge in [-0.1, -0.05) is 35.5 Å². The molecular formula is C21H22N4O2. The van der Waals surface area contributed by atoms with E-state index in [1.807, 2.05) is 50.4 Å². The van der Waals surface area contributed by atoms with Crippen molar-refractivity contribution in [3.8, 4) is 11.4 Å². The van der Waals surface area contributed by atoms with E-state index in [2.05, 4.69) is 15.5 Å². The van der Waals surface area contributed by atoms with Crippen LogP contribution in [0.15, 0.2) is 41.1 Å². The highest BCUT2D eigenvalue weighted by atomic mass is 16.5. The highest BCUT2D eigenvalue weighted by Crippen LogP contribution is 2.29. The third-order valence-electron chi connectivity index (χ3n) is 5.07. The van der Waals surface area contributed by atoms with Crippen LogP contribution in [0.2, 0.25) is 0 Å². The van der Waals surface area contributed by atoms with Crippen LogP contribution in [0.1, 0.15) is 47.2 Å². The summed E-state index contributed by atoms with van der Waals surface area (Å²) >= 11 is 0. The van der Waals surface area contributed by atoms with Gasteiger partial charge in [-0.05, 0) is 33.1 Å². The Balaban J connectivity index is 1.52. The van der Waals surface area contributed by atoms with E-state index in [0.717, 1.165) is 53.2 Å². The van der Waals surface area contributed by atoms with Crippen molar-refractivity contribution in [3.05, 3.63) is 64.8 Å². The normalized spacial score (nSPS) is 16.0. The number of hydrogen-bond donors (Lipinski definition) is 1. The summed E-state index contributed by atoms with van der Waals surface area (Å²) in [5, 5.41) is 7.05. The molecule has 4 rings (SSSR count). The quantitative estimate of drug-likeness (QED) is 0.768. The van der Waals surface area contributed by atoms with Crippen molar-refractivity contribution in [3.63, 3.8) is 0 Å². The second-order valence-electron chi connectivity index (χ2n) is 6.95. The van der Waals surface area contributed by atoms with Gasteiger partial charge in [-0.15, -0.1) is 0 Å². The van der Waals surface area contributed by atoms with Gasteiger partial charge in [0.2, 0.25) is 5.91 Å². The Bertz CT molecular complexity index is 946. The van der Waals surface area contributed by atoms with Crippen LogP contribution in [0, 0.1) is 13.8 Å². The van der Waals surface area contributed by atoms with Crippen LogP contribution in [0.5, 0.6) is 0 Å². The molecule has 1 unspecified atom stereocenters. The van der Waals surface area contributed by atoms with Crippen molar-refractivity contribution in [1.82, 2.24) is 20.4 Å². The molecule has 138 valence electrons. The zero-order valence-electron chi connectivity index (χ0n) is 15.5. The lowest BCUT2D eigenvalue weighted by Crippen LogP contribution is -2.32. The topological polar surface area (TPSA) is 80.9 Å². The summed E-state index contributed by atoms with van der Waals surface area (Å²) in [7, 11) is 0. The number of carbonyl (C=O) groups is 1. The molecule has 0 bridgehead atoms. The summed E-state index contributed by atoms with van der Waals surface area (Å²) in [4.78, 5) is 21.9. The fourth-order valence-corrected chi connectivity index (χ4v) is 3.58. The number of fused-ring (bicyclic) bond motifs is 1. The van der Waals surface area contributed by atoms with E-state index in [1.54, 1.807) is 0 Å². The van der Waals surface area contributed by atoms with Gasteiger partial charge in [-0.25, -0.2) is 9.97 Å². The number of benzene rings is 1. The van der Waals surface area contributed by atoms with E-state index in [-0.39, 0.29) is 18.4 Å². The number of amides is 1. The largest absolute Gasteiger partial charge is 0.361 e. The van der Waals surface area contributed by atoms with Crippen LogP contribution in [0.4, 0.5) is 0 Å². The first-order valence-corrected chi connectivity index (χ1v) is 9.24. The first-order valence-electron chi connectivity index (χ1n) is 9.24. The Morgan fingerprint density at radius 2 is 2.07 bits per heavy atom. The number of hydrogen-bond acceptors (Lipinski definition) is 5. The molecule has 1 atom stereocenters. The smallest absolute Gasteiger partial charge is 0.225 e. The van der Waals surface area contributed by atoms with Crippen molar-refractivity contribution < 1.29 is 9.32 Å². The highest BCUT2D eigenvalue weighted by molar-refractivity contribution is 5.79. The molecule has 2 heterocycles. The Labute approximate surface area is 158 Å². The summed E-state index contributed by atoms with van der Waals surface area (Å²) in [5.74, 6) is 1.40. The Kier molecular flexibility index (Phi) is 4.71. The Morgan fingerprint density at radius 3 is 2.81 bits per heavy atom. The molecule has 1 aliphatic carbocycles. The number of aryl methyl sites for hydroxylation is 3. The third kappa shape index (κ3) is 3.60. The number of rotatable bonds is 4. The predicted octanol–water partition coefficient (Wildman–Crippen LogP) is 3.48. The maximum atomic E-state index is 12.6. The fraction of sp³-hybridized carbons (Fsp3) is 0.333. The second kappa shape index (κ2) is 7.31. The maximum absolute atomic E-state index is 12.6. The molecule has 0 radical (unpaired) electrons. The fourth-order valence-electron chi connectivity index (χ4n) is 3.58. The molecule has 1 amide bonds. The van der Waals surface area contributed by atoms with E-state index >= 15 is 0 Å². The monoisotopic (exact) mass is 362 g/mol. The summed E-state index contributed by atoms with van der Waals surface area (Å²) in [6, 6.07) is 9.91. The van der Waals surface area contributed by atoms with E-state index in [9.17, 15) is 4.79 Å². The van der Waals surface area contributed by atoms with Crippen molar-refractivity contribution in [2.45, 2.75) is 45.6 Å². The first-order chi connectivity index (χ1) is 13.1. The maximum Gasteiger partial charge on any atom is 0.225 e. The molecule has 0 aliphatic heterocycles. The highest BCUT2D eigenvalue weighted by Gasteiger charge is 2.25. The molecule has 6 heteroatoms. The lowest BCUT2D eigenvalue weighted by atomic mass is 9.92. The molecule has 1 aromatic carbocycles. The number of nitrogens with one attached hydrogen (secondary N) is 1. The van der Waals surface area contributed by atoms with E-state index < -0.39 is 0 Å². The van der Waals surface area contributed by atoms with Gasteiger partial charge in [0, 0.05) is 28.6 Å². The summed E-state index contributed by atoms with van der Waals surface area (Å²) in [6.07, 6.45) is 4.94. The van der Waals surface area contributed by atoms with Crippen LogP contribution in [-0.4, -0.2) is 21.0 Å². The molecule has 0 spiro atoms. The van der Waals surface area contributed by atoms with Gasteiger partial charge in [0.05, 0.1) is 18.2 Å². The summed E-state index contributed by atoms with van der Waals surface area (Å²) in [6.45, 7) is 3.69. The van der Waals surface area contributed by atoms with Crippen molar-refractivity contribution in [1.29, 1.82) is 0 Å². The Morgan fingerprint density at radius 1 is 1.26 bits per heavy atom. The zero-order valence-corrected chi connectivity index (χ0v) is 15.5. The molecule has 0 fully saturated rings. The average Bonchev–Trinajstić information content (AvgIpc) is 3.00. The molecule has 2 aromatic heterocycles. The number of nitrogens with zero attached hydrogens (tertiary/aromatic N) is 3. The average molecular weight is 362 g/mol. The minimum atomic E-state index is -0.0495. The van der Waals surface area contributed by atoms with Crippen LogP contribution >= 0.6 is 0 Å². The van der Waals surface area contributed by atoms with Crippen LogP contribution < -0.4 is 5.32 Å². The van der Waals surface area contributed by atoms with Gasteiger partial charge in [0.1, 0.15) is 5.76 Å². The van der Waals surface area contributed by atoms with Crippen molar-refractivity contribution >= 4 is 5.91 Å².